The van der Waals surface area contributed by atoms with E-state index in [2.05, 4.69) is 96.2 Å². The Balaban J connectivity index is 0.000000202. The van der Waals surface area contributed by atoms with Crippen LogP contribution in [0.3, 0.4) is 0 Å². The maximum absolute atomic E-state index is 12.9. The topological polar surface area (TPSA) is 202 Å². The minimum Gasteiger partial charge on any atom is -0.481 e. The number of carbonyl (C=O) groups is 6. The van der Waals surface area contributed by atoms with Crippen molar-refractivity contribution in [2.45, 2.75) is 264 Å². The van der Waals surface area contributed by atoms with Gasteiger partial charge in [-0.2, -0.15) is 0 Å². The number of rotatable bonds is 12. The predicted molar refractivity (Wildman–Crippen MR) is 325 cm³/mol. The Bertz CT molecular complexity index is 2520. The van der Waals surface area contributed by atoms with Crippen LogP contribution >= 0.6 is 0 Å². The maximum Gasteiger partial charge on any atom is 0.309 e. The second kappa shape index (κ2) is 21.0. The summed E-state index contributed by atoms with van der Waals surface area (Å²) in [6.45, 7) is 43.5. The van der Waals surface area contributed by atoms with Crippen LogP contribution < -0.4 is 0 Å². The van der Waals surface area contributed by atoms with Crippen molar-refractivity contribution in [2.75, 3.05) is 0 Å². The summed E-state index contributed by atoms with van der Waals surface area (Å²) in [4.78, 5) is 74.9. The molecule has 0 aromatic rings. The first-order chi connectivity index (χ1) is 38.6. The number of hydrogen-bond acceptors (Lipinski definition) is 8. The summed E-state index contributed by atoms with van der Waals surface area (Å²) in [5, 5.41) is 40.2. The number of aliphatic carboxylic acids is 4. The number of fused-ring (bicyclic) bond motifs is 14. The Morgan fingerprint density at radius 1 is 0.417 bits per heavy atom. The molecule has 4 N–H and O–H groups in total. The average Bonchev–Trinajstić information content (AvgIpc) is 0.993. The van der Waals surface area contributed by atoms with Crippen molar-refractivity contribution >= 4 is 35.8 Å². The standard InChI is InChI=1S/2C36H56O6/c2*1-21(2)22-12-17-36(30(40)41)19-18-34(8)23(28(22)36)10-11-25-33(7)15-14-26(42-27(37)20-31(3,4)29(38)39)32(5,6)24(33)13-16-35(25,34)9/h2*22-26,28H,1,10-20H2,2-9H3,(H,38,39)(H,40,41)/t2*22-,23+,24-,25+,26-,28+,33-,34+,35+,36-/m00/s1. The van der Waals surface area contributed by atoms with Gasteiger partial charge in [-0.15, -0.1) is 0 Å². The number of carbonyl (C=O) groups excluding carboxylic acids is 2. The van der Waals surface area contributed by atoms with Crippen LogP contribution in [-0.2, 0) is 38.2 Å². The summed E-state index contributed by atoms with van der Waals surface area (Å²) in [6, 6.07) is 0. The maximum atomic E-state index is 12.9. The third kappa shape index (κ3) is 9.30. The summed E-state index contributed by atoms with van der Waals surface area (Å²) in [5.74, 6) is -0.330. The van der Waals surface area contributed by atoms with Crippen molar-refractivity contribution < 1.29 is 58.7 Å². The zero-order chi connectivity index (χ0) is 62.5. The zero-order valence-corrected chi connectivity index (χ0v) is 55.0. The van der Waals surface area contributed by atoms with Crippen molar-refractivity contribution in [3.05, 3.63) is 24.3 Å². The number of hydrogen-bond donors (Lipinski definition) is 4. The van der Waals surface area contributed by atoms with E-state index < -0.39 is 57.5 Å². The number of esters is 2. The molecule has 84 heavy (non-hydrogen) atoms. The van der Waals surface area contributed by atoms with Crippen LogP contribution in [-0.4, -0.2) is 68.4 Å². The molecule has 10 aliphatic carbocycles. The molecule has 0 spiro atoms. The molecule has 10 fully saturated rings. The molecule has 0 aromatic carbocycles. The summed E-state index contributed by atoms with van der Waals surface area (Å²) < 4.78 is 12.2. The van der Waals surface area contributed by atoms with Crippen molar-refractivity contribution in [3.63, 3.8) is 0 Å². The number of allylic oxidation sites excluding steroid dienone is 2. The van der Waals surface area contributed by atoms with Gasteiger partial charge in [-0.25, -0.2) is 0 Å². The third-order valence-electron chi connectivity index (χ3n) is 29.7. The molecule has 0 aliphatic heterocycles. The highest BCUT2D eigenvalue weighted by atomic mass is 16.5. The fourth-order valence-electron chi connectivity index (χ4n) is 24.7. The first-order valence-corrected chi connectivity index (χ1v) is 33.2. The molecule has 10 aliphatic rings. The van der Waals surface area contributed by atoms with Crippen LogP contribution in [0.1, 0.15) is 252 Å². The second-order valence-electron chi connectivity index (χ2n) is 34.7. The lowest BCUT2D eigenvalue weighted by molar-refractivity contribution is -0.250. The summed E-state index contributed by atoms with van der Waals surface area (Å²) in [6.07, 6.45) is 18.8. The smallest absolute Gasteiger partial charge is 0.309 e. The van der Waals surface area contributed by atoms with Crippen molar-refractivity contribution in [1.82, 2.24) is 0 Å². The van der Waals surface area contributed by atoms with Gasteiger partial charge in [-0.1, -0.05) is 93.5 Å². The lowest BCUT2D eigenvalue weighted by Gasteiger charge is -2.72. The van der Waals surface area contributed by atoms with Gasteiger partial charge in [0.1, 0.15) is 12.2 Å². The van der Waals surface area contributed by atoms with Crippen molar-refractivity contribution in [3.8, 4) is 0 Å². The molecule has 0 heterocycles. The Morgan fingerprint density at radius 2 is 0.750 bits per heavy atom. The predicted octanol–water partition coefficient (Wildman–Crippen LogP) is 16.3. The van der Waals surface area contributed by atoms with Crippen molar-refractivity contribution in [2.24, 2.45) is 124 Å². The van der Waals surface area contributed by atoms with E-state index in [1.54, 1.807) is 27.7 Å². The molecule has 0 amide bonds. The number of carboxylic acid groups (broad SMARTS) is 4. The van der Waals surface area contributed by atoms with E-state index in [1.165, 1.54) is 0 Å². The van der Waals surface area contributed by atoms with E-state index in [1.807, 2.05) is 0 Å². The van der Waals surface area contributed by atoms with Gasteiger partial charge in [0, 0.05) is 10.8 Å². The van der Waals surface area contributed by atoms with Gasteiger partial charge in [0.25, 0.3) is 0 Å². The SMILES string of the molecule is C=C(C)[C@@H]1CC[C@]2(C(=O)O)CC[C@]3(C)[C@H](CC[C@@H]4[C@@]5(C)CC[C@H](OC(=O)CC(C)(C)C(=O)O)C(C)(C)[C@@H]5CC[C@]43C)[C@@H]12.C=C(C)[C@@H]1CC[C@]2(C(=O)O)CC[C@]3(C)[C@H](CC[C@@H]4[C@@]5(C)CC[C@H](OC(=O)CC(C)(C)C(=O)O)C(C)(C)[C@@H]5CC[C@]43C)[C@@H]12. The molecule has 0 aromatic heterocycles. The van der Waals surface area contributed by atoms with Crippen LogP contribution in [0.15, 0.2) is 24.3 Å². The van der Waals surface area contributed by atoms with E-state index >= 15 is 0 Å². The van der Waals surface area contributed by atoms with Gasteiger partial charge in [0.2, 0.25) is 0 Å². The fraction of sp³-hybridized carbons (Fsp3) is 0.861. The monoisotopic (exact) mass is 1170 g/mol. The van der Waals surface area contributed by atoms with Gasteiger partial charge in [0.15, 0.2) is 0 Å². The van der Waals surface area contributed by atoms with Gasteiger partial charge in [0.05, 0.1) is 34.5 Å². The van der Waals surface area contributed by atoms with Gasteiger partial charge in [-0.3, -0.25) is 28.8 Å². The van der Waals surface area contributed by atoms with Crippen LogP contribution in [0.25, 0.3) is 0 Å². The Kier molecular flexibility index (Phi) is 16.2. The second-order valence-corrected chi connectivity index (χ2v) is 34.7. The van der Waals surface area contributed by atoms with Crippen LogP contribution in [0.5, 0.6) is 0 Å². The lowest BCUT2D eigenvalue weighted by Crippen LogP contribution is -2.67. The largest absolute Gasteiger partial charge is 0.481 e. The molecule has 10 rings (SSSR count). The Morgan fingerprint density at radius 3 is 1.05 bits per heavy atom. The van der Waals surface area contributed by atoms with E-state index in [0.29, 0.717) is 47.3 Å². The number of carboxylic acids is 4. The highest BCUT2D eigenvalue weighted by molar-refractivity contribution is 5.82. The van der Waals surface area contributed by atoms with E-state index in [-0.39, 0.29) is 80.2 Å². The molecular weight excluding hydrogens is 1060 g/mol. The van der Waals surface area contributed by atoms with Crippen LogP contribution in [0, 0.1) is 124 Å². The highest BCUT2D eigenvalue weighted by Crippen LogP contribution is 2.80. The van der Waals surface area contributed by atoms with Gasteiger partial charge in [-0.05, 0) is 262 Å². The summed E-state index contributed by atoms with van der Waals surface area (Å²) in [7, 11) is 0. The first-order valence-electron chi connectivity index (χ1n) is 33.2. The molecule has 0 unspecified atom stereocenters. The van der Waals surface area contributed by atoms with Crippen molar-refractivity contribution in [1.29, 1.82) is 0 Å². The molecule has 12 nitrogen and oxygen atoms in total. The molecule has 0 radical (unpaired) electrons. The fourth-order valence-corrected chi connectivity index (χ4v) is 24.7. The molecule has 12 heteroatoms. The first kappa shape index (κ1) is 64.8. The molecule has 10 saturated carbocycles. The third-order valence-corrected chi connectivity index (χ3v) is 29.7. The molecule has 20 atom stereocenters. The van der Waals surface area contributed by atoms with Crippen LogP contribution in [0.2, 0.25) is 0 Å². The summed E-state index contributed by atoms with van der Waals surface area (Å²) in [5.41, 5.74) is -0.953. The average molecular weight is 1170 g/mol. The molecule has 0 saturated heterocycles. The minimum atomic E-state index is -1.15. The quantitative estimate of drug-likeness (QED) is 0.107. The minimum absolute atomic E-state index is 0.0847. The molecule has 0 bridgehead atoms. The van der Waals surface area contributed by atoms with Gasteiger partial charge >= 0.3 is 35.8 Å². The summed E-state index contributed by atoms with van der Waals surface area (Å²) >= 11 is 0. The highest BCUT2D eigenvalue weighted by Gasteiger charge is 2.75. The number of ether oxygens (including phenoxy) is 2. The Hall–Kier alpha value is -3.70. The Labute approximate surface area is 505 Å². The van der Waals surface area contributed by atoms with Crippen LogP contribution in [0.4, 0.5) is 0 Å². The zero-order valence-electron chi connectivity index (χ0n) is 55.0. The van der Waals surface area contributed by atoms with Gasteiger partial charge < -0.3 is 29.9 Å². The van der Waals surface area contributed by atoms with E-state index in [9.17, 15) is 49.2 Å². The normalized spacial score (nSPS) is 45.9. The van der Waals surface area contributed by atoms with E-state index in [0.717, 1.165) is 140 Å². The van der Waals surface area contributed by atoms with E-state index in [4.69, 9.17) is 9.47 Å². The molecular formula is C72H112O12. The lowest BCUT2D eigenvalue weighted by atomic mass is 9.32. The molecule has 472 valence electrons.